The van der Waals surface area contributed by atoms with Gasteiger partial charge in [0.15, 0.2) is 0 Å². The standard InChI is InChI=1S/C12H17NO/c1-10(14)6-7-12(2,3)11-5-4-8-13-9-11/h4-5,8-9H,6-7H2,1-3H3. The summed E-state index contributed by atoms with van der Waals surface area (Å²) in [7, 11) is 0. The Balaban J connectivity index is 2.70. The van der Waals surface area contributed by atoms with E-state index < -0.39 is 0 Å². The Hall–Kier alpha value is -1.18. The van der Waals surface area contributed by atoms with Crippen molar-refractivity contribution < 1.29 is 4.79 Å². The van der Waals surface area contributed by atoms with Gasteiger partial charge >= 0.3 is 0 Å². The summed E-state index contributed by atoms with van der Waals surface area (Å²) in [5, 5.41) is 0. The molecule has 0 spiro atoms. The van der Waals surface area contributed by atoms with E-state index in [2.05, 4.69) is 24.9 Å². The molecule has 0 radical (unpaired) electrons. The summed E-state index contributed by atoms with van der Waals surface area (Å²) in [4.78, 5) is 15.0. The molecule has 0 amide bonds. The SMILES string of the molecule is CC(=O)CCC(C)(C)c1cccnc1. The predicted octanol–water partition coefficient (Wildman–Crippen LogP) is 2.73. The summed E-state index contributed by atoms with van der Waals surface area (Å²) in [6.07, 6.45) is 5.17. The molecule has 76 valence electrons. The second kappa shape index (κ2) is 4.36. The van der Waals surface area contributed by atoms with Crippen LogP contribution in [0.3, 0.4) is 0 Å². The minimum absolute atomic E-state index is 0.0416. The second-order valence-corrected chi connectivity index (χ2v) is 4.33. The normalized spacial score (nSPS) is 11.4. The van der Waals surface area contributed by atoms with Crippen molar-refractivity contribution >= 4 is 5.78 Å². The van der Waals surface area contributed by atoms with Gasteiger partial charge in [0.2, 0.25) is 0 Å². The average molecular weight is 191 g/mol. The molecule has 2 nitrogen and oxygen atoms in total. The van der Waals surface area contributed by atoms with Gasteiger partial charge in [-0.15, -0.1) is 0 Å². The molecule has 14 heavy (non-hydrogen) atoms. The Bertz CT molecular complexity index is 303. The van der Waals surface area contributed by atoms with Crippen LogP contribution in [0, 0.1) is 0 Å². The Morgan fingerprint density at radius 2 is 2.21 bits per heavy atom. The van der Waals surface area contributed by atoms with Gasteiger partial charge in [-0.3, -0.25) is 4.98 Å². The van der Waals surface area contributed by atoms with E-state index in [9.17, 15) is 4.79 Å². The first kappa shape index (κ1) is 10.9. The van der Waals surface area contributed by atoms with Crippen LogP contribution < -0.4 is 0 Å². The molecule has 0 unspecified atom stereocenters. The molecule has 0 bridgehead atoms. The third-order valence-corrected chi connectivity index (χ3v) is 2.55. The van der Waals surface area contributed by atoms with E-state index in [1.54, 1.807) is 13.1 Å². The number of pyridine rings is 1. The van der Waals surface area contributed by atoms with Crippen molar-refractivity contribution in [3.8, 4) is 0 Å². The van der Waals surface area contributed by atoms with Crippen LogP contribution in [-0.2, 0) is 10.2 Å². The van der Waals surface area contributed by atoms with Crippen molar-refractivity contribution in [2.24, 2.45) is 0 Å². The Labute approximate surface area is 85.4 Å². The summed E-state index contributed by atoms with van der Waals surface area (Å²) in [5.41, 5.74) is 1.24. The highest BCUT2D eigenvalue weighted by atomic mass is 16.1. The minimum Gasteiger partial charge on any atom is -0.300 e. The molecule has 1 aromatic heterocycles. The van der Waals surface area contributed by atoms with Crippen LogP contribution >= 0.6 is 0 Å². The summed E-state index contributed by atoms with van der Waals surface area (Å²) < 4.78 is 0. The van der Waals surface area contributed by atoms with Crippen LogP contribution in [-0.4, -0.2) is 10.8 Å². The molecule has 1 heterocycles. The van der Waals surface area contributed by atoms with Gasteiger partial charge < -0.3 is 4.79 Å². The molecule has 0 aliphatic rings. The number of Topliss-reactive ketones (excluding diaryl/α,β-unsaturated/α-hetero) is 1. The Kier molecular flexibility index (Phi) is 3.39. The molecular formula is C12H17NO. The lowest BCUT2D eigenvalue weighted by Gasteiger charge is -2.24. The lowest BCUT2D eigenvalue weighted by molar-refractivity contribution is -0.117. The molecule has 1 aromatic rings. The van der Waals surface area contributed by atoms with Crippen LogP contribution in [0.4, 0.5) is 0 Å². The average Bonchev–Trinajstić information content (AvgIpc) is 2.16. The number of aromatic nitrogens is 1. The molecule has 0 aliphatic heterocycles. The molecule has 2 heteroatoms. The molecule has 0 saturated carbocycles. The first-order chi connectivity index (χ1) is 6.52. The van der Waals surface area contributed by atoms with Gasteiger partial charge in [0.25, 0.3) is 0 Å². The third-order valence-electron chi connectivity index (χ3n) is 2.55. The maximum absolute atomic E-state index is 10.9. The van der Waals surface area contributed by atoms with Gasteiger partial charge in [0, 0.05) is 18.8 Å². The topological polar surface area (TPSA) is 30.0 Å². The second-order valence-electron chi connectivity index (χ2n) is 4.33. The van der Waals surface area contributed by atoms with Crippen molar-refractivity contribution in [2.75, 3.05) is 0 Å². The van der Waals surface area contributed by atoms with Crippen molar-refractivity contribution in [3.63, 3.8) is 0 Å². The number of carbonyl (C=O) groups is 1. The number of hydrogen-bond donors (Lipinski definition) is 0. The smallest absolute Gasteiger partial charge is 0.129 e. The van der Waals surface area contributed by atoms with E-state index in [0.717, 1.165) is 6.42 Å². The van der Waals surface area contributed by atoms with E-state index in [1.165, 1.54) is 5.56 Å². The van der Waals surface area contributed by atoms with Gasteiger partial charge in [-0.1, -0.05) is 19.9 Å². The summed E-state index contributed by atoms with van der Waals surface area (Å²) in [6.45, 7) is 5.93. The summed E-state index contributed by atoms with van der Waals surface area (Å²) in [5.74, 6) is 0.252. The van der Waals surface area contributed by atoms with E-state index in [-0.39, 0.29) is 11.2 Å². The highest BCUT2D eigenvalue weighted by molar-refractivity contribution is 5.75. The van der Waals surface area contributed by atoms with Gasteiger partial charge in [0.05, 0.1) is 0 Å². The predicted molar refractivity (Wildman–Crippen MR) is 57.2 cm³/mol. The fourth-order valence-electron chi connectivity index (χ4n) is 1.40. The van der Waals surface area contributed by atoms with Gasteiger partial charge in [0.1, 0.15) is 5.78 Å². The van der Waals surface area contributed by atoms with Crippen LogP contribution in [0.2, 0.25) is 0 Å². The monoisotopic (exact) mass is 191 g/mol. The number of nitrogens with zero attached hydrogens (tertiary/aromatic N) is 1. The molecule has 0 aromatic carbocycles. The maximum Gasteiger partial charge on any atom is 0.129 e. The molecule has 0 aliphatic carbocycles. The van der Waals surface area contributed by atoms with Crippen LogP contribution in [0.1, 0.15) is 39.2 Å². The molecule has 0 fully saturated rings. The number of rotatable bonds is 4. The summed E-state index contributed by atoms with van der Waals surface area (Å²) >= 11 is 0. The molecule has 0 saturated heterocycles. The Morgan fingerprint density at radius 1 is 1.50 bits per heavy atom. The van der Waals surface area contributed by atoms with E-state index >= 15 is 0 Å². The molecule has 0 atom stereocenters. The zero-order chi connectivity index (χ0) is 10.6. The van der Waals surface area contributed by atoms with Crippen LogP contribution in [0.25, 0.3) is 0 Å². The van der Waals surface area contributed by atoms with E-state index in [0.29, 0.717) is 6.42 Å². The Morgan fingerprint density at radius 3 is 2.71 bits per heavy atom. The summed E-state index contributed by atoms with van der Waals surface area (Å²) in [6, 6.07) is 4.00. The highest BCUT2D eigenvalue weighted by Crippen LogP contribution is 2.27. The number of carbonyl (C=O) groups excluding carboxylic acids is 1. The van der Waals surface area contributed by atoms with Crippen LogP contribution in [0.5, 0.6) is 0 Å². The van der Waals surface area contributed by atoms with E-state index in [1.807, 2.05) is 12.3 Å². The van der Waals surface area contributed by atoms with Gasteiger partial charge in [-0.05, 0) is 30.4 Å². The molecule has 1 rings (SSSR count). The zero-order valence-corrected chi connectivity index (χ0v) is 9.08. The van der Waals surface area contributed by atoms with Crippen molar-refractivity contribution in [3.05, 3.63) is 30.1 Å². The van der Waals surface area contributed by atoms with E-state index in [4.69, 9.17) is 0 Å². The third kappa shape index (κ3) is 2.95. The lowest BCUT2D eigenvalue weighted by Crippen LogP contribution is -2.18. The quantitative estimate of drug-likeness (QED) is 0.732. The van der Waals surface area contributed by atoms with Gasteiger partial charge in [-0.2, -0.15) is 0 Å². The number of hydrogen-bond acceptors (Lipinski definition) is 2. The minimum atomic E-state index is 0.0416. The van der Waals surface area contributed by atoms with Crippen LogP contribution in [0.15, 0.2) is 24.5 Å². The molecular weight excluding hydrogens is 174 g/mol. The first-order valence-electron chi connectivity index (χ1n) is 4.92. The molecule has 0 N–H and O–H groups in total. The zero-order valence-electron chi connectivity index (χ0n) is 9.08. The largest absolute Gasteiger partial charge is 0.300 e. The highest BCUT2D eigenvalue weighted by Gasteiger charge is 2.20. The van der Waals surface area contributed by atoms with Gasteiger partial charge in [-0.25, -0.2) is 0 Å². The number of ketones is 1. The first-order valence-corrected chi connectivity index (χ1v) is 4.92. The lowest BCUT2D eigenvalue weighted by atomic mass is 9.81. The fourth-order valence-corrected chi connectivity index (χ4v) is 1.40. The van der Waals surface area contributed by atoms with Crippen molar-refractivity contribution in [1.82, 2.24) is 4.98 Å². The van der Waals surface area contributed by atoms with Crippen molar-refractivity contribution in [1.29, 1.82) is 0 Å². The fraction of sp³-hybridized carbons (Fsp3) is 0.500. The van der Waals surface area contributed by atoms with Crippen molar-refractivity contribution in [2.45, 2.75) is 39.0 Å². The maximum atomic E-state index is 10.9.